The SMILES string of the molecule is C[C@@H](C(=O)N[C@H](C(=O)N1CC[C@@H]2[C@H]1[C@@H](COc1ccc(F)c(F)c1)CN2S(C)(=O)=O)C(C)(C)C)N(C)C(=O)OC(C)(C)C. The number of likely N-dealkylation sites (tertiary alicyclic amines) is 1. The number of fused-ring (bicyclic) bond motifs is 1. The van der Waals surface area contributed by atoms with Crippen molar-refractivity contribution in [2.45, 2.75) is 84.7 Å². The molecule has 43 heavy (non-hydrogen) atoms. The van der Waals surface area contributed by atoms with Crippen molar-refractivity contribution in [1.29, 1.82) is 0 Å². The summed E-state index contributed by atoms with van der Waals surface area (Å²) in [5, 5.41) is 2.82. The van der Waals surface area contributed by atoms with E-state index in [0.29, 0.717) is 6.42 Å². The summed E-state index contributed by atoms with van der Waals surface area (Å²) >= 11 is 0. The average Bonchev–Trinajstić information content (AvgIpc) is 3.45. The molecule has 1 aromatic carbocycles. The molecule has 3 rings (SSSR count). The van der Waals surface area contributed by atoms with Crippen LogP contribution < -0.4 is 10.1 Å². The molecule has 0 unspecified atom stereocenters. The van der Waals surface area contributed by atoms with Crippen molar-refractivity contribution in [3.63, 3.8) is 0 Å². The van der Waals surface area contributed by atoms with E-state index in [9.17, 15) is 31.6 Å². The van der Waals surface area contributed by atoms with Gasteiger partial charge in [0.1, 0.15) is 23.4 Å². The van der Waals surface area contributed by atoms with E-state index in [4.69, 9.17) is 9.47 Å². The van der Waals surface area contributed by atoms with Gasteiger partial charge in [0, 0.05) is 38.2 Å². The zero-order chi connectivity index (χ0) is 32.7. The maximum Gasteiger partial charge on any atom is 0.410 e. The Bertz CT molecular complexity index is 1330. The van der Waals surface area contributed by atoms with Crippen LogP contribution in [0, 0.1) is 23.0 Å². The van der Waals surface area contributed by atoms with Crippen LogP contribution in [0.5, 0.6) is 5.75 Å². The van der Waals surface area contributed by atoms with Crippen LogP contribution in [0.2, 0.25) is 0 Å². The number of ether oxygens (including phenoxy) is 2. The molecule has 0 bridgehead atoms. The minimum atomic E-state index is -3.63. The predicted octanol–water partition coefficient (Wildman–Crippen LogP) is 2.99. The van der Waals surface area contributed by atoms with Gasteiger partial charge in [-0.15, -0.1) is 0 Å². The third-order valence-electron chi connectivity index (χ3n) is 7.79. The summed E-state index contributed by atoms with van der Waals surface area (Å²) in [7, 11) is -2.19. The third-order valence-corrected chi connectivity index (χ3v) is 9.06. The molecule has 14 heteroatoms. The average molecular weight is 631 g/mol. The molecule has 0 spiro atoms. The molecule has 11 nitrogen and oxygen atoms in total. The van der Waals surface area contributed by atoms with Gasteiger partial charge in [-0.25, -0.2) is 22.0 Å². The van der Waals surface area contributed by atoms with Crippen molar-refractivity contribution in [2.75, 3.05) is 33.0 Å². The second kappa shape index (κ2) is 12.5. The first-order valence-electron chi connectivity index (χ1n) is 14.2. The maximum atomic E-state index is 14.1. The normalized spacial score (nSPS) is 22.5. The quantitative estimate of drug-likeness (QED) is 0.468. The lowest BCUT2D eigenvalue weighted by Crippen LogP contribution is -2.60. The monoisotopic (exact) mass is 630 g/mol. The molecule has 0 saturated carbocycles. The summed E-state index contributed by atoms with van der Waals surface area (Å²) in [6, 6.07) is 0.0820. The highest BCUT2D eigenvalue weighted by molar-refractivity contribution is 7.88. The van der Waals surface area contributed by atoms with Crippen molar-refractivity contribution in [3.05, 3.63) is 29.8 Å². The fraction of sp³-hybridized carbons (Fsp3) is 0.690. The Morgan fingerprint density at radius 3 is 2.28 bits per heavy atom. The number of amides is 3. The summed E-state index contributed by atoms with van der Waals surface area (Å²) in [4.78, 5) is 42.8. The van der Waals surface area contributed by atoms with E-state index in [0.717, 1.165) is 23.3 Å². The number of hydrogen-bond acceptors (Lipinski definition) is 7. The van der Waals surface area contributed by atoms with Crippen LogP contribution in [-0.2, 0) is 24.3 Å². The van der Waals surface area contributed by atoms with E-state index >= 15 is 0 Å². The first-order valence-corrected chi connectivity index (χ1v) is 16.1. The minimum absolute atomic E-state index is 0.0493. The number of likely N-dealkylation sites (N-methyl/N-ethyl adjacent to an activating group) is 1. The second-order valence-corrected chi connectivity index (χ2v) is 15.4. The number of benzene rings is 1. The molecule has 0 aromatic heterocycles. The van der Waals surface area contributed by atoms with Gasteiger partial charge in [-0.05, 0) is 51.7 Å². The zero-order valence-electron chi connectivity index (χ0n) is 26.3. The van der Waals surface area contributed by atoms with E-state index in [1.807, 2.05) is 0 Å². The lowest BCUT2D eigenvalue weighted by molar-refractivity contribution is -0.141. The first-order chi connectivity index (χ1) is 19.6. The second-order valence-electron chi connectivity index (χ2n) is 13.4. The van der Waals surface area contributed by atoms with Gasteiger partial charge >= 0.3 is 6.09 Å². The number of halogens is 2. The molecule has 2 saturated heterocycles. The van der Waals surface area contributed by atoms with E-state index in [2.05, 4.69) is 5.32 Å². The van der Waals surface area contributed by atoms with Crippen molar-refractivity contribution in [3.8, 4) is 5.75 Å². The summed E-state index contributed by atoms with van der Waals surface area (Å²) in [6.45, 7) is 12.3. The Kier molecular flexibility index (Phi) is 10.1. The van der Waals surface area contributed by atoms with Gasteiger partial charge in [0.15, 0.2) is 11.6 Å². The van der Waals surface area contributed by atoms with E-state index in [1.165, 1.54) is 24.3 Å². The summed E-state index contributed by atoms with van der Waals surface area (Å²) in [6.07, 6.45) is 0.800. The lowest BCUT2D eigenvalue weighted by atomic mass is 9.85. The fourth-order valence-corrected chi connectivity index (χ4v) is 6.65. The smallest absolute Gasteiger partial charge is 0.410 e. The highest BCUT2D eigenvalue weighted by Gasteiger charge is 2.54. The Labute approximate surface area is 252 Å². The van der Waals surface area contributed by atoms with Crippen molar-refractivity contribution >= 4 is 27.9 Å². The number of nitrogens with zero attached hydrogens (tertiary/aromatic N) is 3. The Balaban J connectivity index is 1.83. The molecular formula is C29H44F2N4O7S. The number of carbonyl (C=O) groups excluding carboxylic acids is 3. The number of rotatable bonds is 8. The van der Waals surface area contributed by atoms with Gasteiger partial charge in [0.25, 0.3) is 0 Å². The predicted molar refractivity (Wildman–Crippen MR) is 156 cm³/mol. The molecule has 1 N–H and O–H groups in total. The Morgan fingerprint density at radius 1 is 1.12 bits per heavy atom. The number of hydrogen-bond donors (Lipinski definition) is 1. The molecule has 1 aromatic rings. The highest BCUT2D eigenvalue weighted by Crippen LogP contribution is 2.39. The molecule has 2 heterocycles. The number of sulfonamides is 1. The largest absolute Gasteiger partial charge is 0.493 e. The third kappa shape index (κ3) is 8.14. The summed E-state index contributed by atoms with van der Waals surface area (Å²) in [5.74, 6) is -3.45. The molecule has 2 aliphatic heterocycles. The van der Waals surface area contributed by atoms with Crippen LogP contribution in [0.25, 0.3) is 0 Å². The highest BCUT2D eigenvalue weighted by atomic mass is 32.2. The topological polar surface area (TPSA) is 126 Å². The molecule has 242 valence electrons. The molecule has 2 fully saturated rings. The van der Waals surface area contributed by atoms with Crippen LogP contribution in [0.3, 0.4) is 0 Å². The first kappa shape index (κ1) is 34.5. The van der Waals surface area contributed by atoms with Gasteiger partial charge in [-0.3, -0.25) is 14.5 Å². The zero-order valence-corrected chi connectivity index (χ0v) is 27.1. The van der Waals surface area contributed by atoms with Gasteiger partial charge < -0.3 is 19.7 Å². The summed E-state index contributed by atoms with van der Waals surface area (Å²) in [5.41, 5.74) is -1.51. The van der Waals surface area contributed by atoms with E-state index in [-0.39, 0.29) is 25.4 Å². The van der Waals surface area contributed by atoms with Gasteiger partial charge in [0.2, 0.25) is 21.8 Å². The number of nitrogens with one attached hydrogen (secondary N) is 1. The van der Waals surface area contributed by atoms with Gasteiger partial charge in [0.05, 0.1) is 18.9 Å². The molecule has 5 atom stereocenters. The molecule has 0 radical (unpaired) electrons. The molecule has 3 amide bonds. The van der Waals surface area contributed by atoms with E-state index < -0.39 is 80.7 Å². The van der Waals surface area contributed by atoms with Gasteiger partial charge in [-0.2, -0.15) is 4.31 Å². The van der Waals surface area contributed by atoms with Crippen LogP contribution in [0.4, 0.5) is 13.6 Å². The van der Waals surface area contributed by atoms with Crippen LogP contribution >= 0.6 is 0 Å². The molecule has 0 aliphatic carbocycles. The van der Waals surface area contributed by atoms with Crippen LogP contribution in [-0.4, -0.2) is 103 Å². The van der Waals surface area contributed by atoms with Crippen LogP contribution in [0.1, 0.15) is 54.9 Å². The van der Waals surface area contributed by atoms with Gasteiger partial charge in [-0.1, -0.05) is 20.8 Å². The lowest BCUT2D eigenvalue weighted by Gasteiger charge is -2.38. The number of carbonyl (C=O) groups is 3. The fourth-order valence-electron chi connectivity index (χ4n) is 5.46. The Hall–Kier alpha value is -3.00. The van der Waals surface area contributed by atoms with Crippen molar-refractivity contribution in [1.82, 2.24) is 19.4 Å². The molecular weight excluding hydrogens is 586 g/mol. The van der Waals surface area contributed by atoms with Crippen molar-refractivity contribution in [2.24, 2.45) is 11.3 Å². The van der Waals surface area contributed by atoms with Crippen molar-refractivity contribution < 1.29 is 41.1 Å². The van der Waals surface area contributed by atoms with E-state index in [1.54, 1.807) is 46.4 Å². The Morgan fingerprint density at radius 2 is 1.74 bits per heavy atom. The minimum Gasteiger partial charge on any atom is -0.493 e. The molecule has 2 aliphatic rings. The maximum absolute atomic E-state index is 14.1. The van der Waals surface area contributed by atoms with Crippen LogP contribution in [0.15, 0.2) is 18.2 Å². The summed E-state index contributed by atoms with van der Waals surface area (Å²) < 4.78 is 64.9. The standard InChI is InChI=1S/C29H44F2N4O7S/c1-17(33(8)27(38)42-29(5,6)7)25(36)32-24(28(2,3)4)26(37)34-13-12-22-23(34)18(15-35(22)43(9,39)40)16-41-19-10-11-20(30)21(31)14-19/h10-11,14,17-18,22-24H,12-13,15-16H2,1-9H3,(H,32,36)/t17-,18+,22+,23+,24+/m0/s1.